The third-order valence-corrected chi connectivity index (χ3v) is 4.60. The van der Waals surface area contributed by atoms with Crippen molar-refractivity contribution in [2.24, 2.45) is 5.92 Å². The van der Waals surface area contributed by atoms with Crippen LogP contribution < -0.4 is 9.64 Å². The molecular weight excluding hydrogens is 366 g/mol. The Morgan fingerprint density at radius 3 is 2.68 bits per heavy atom. The average Bonchev–Trinajstić information content (AvgIpc) is 2.64. The van der Waals surface area contributed by atoms with Crippen LogP contribution in [0.3, 0.4) is 0 Å². The Morgan fingerprint density at radius 2 is 2.00 bits per heavy atom. The van der Waals surface area contributed by atoms with Crippen molar-refractivity contribution in [2.45, 2.75) is 33.2 Å². The van der Waals surface area contributed by atoms with Crippen LogP contribution in [-0.4, -0.2) is 46.5 Å². The lowest BCUT2D eigenvalue weighted by Gasteiger charge is -2.40. The minimum Gasteiger partial charge on any atom is -0.439 e. The zero-order valence-corrected chi connectivity index (χ0v) is 16.2. The number of anilines is 1. The van der Waals surface area contributed by atoms with Gasteiger partial charge >= 0.3 is 0 Å². The van der Waals surface area contributed by atoms with Crippen molar-refractivity contribution in [3.63, 3.8) is 0 Å². The van der Waals surface area contributed by atoms with E-state index >= 15 is 0 Å². The minimum absolute atomic E-state index is 0.0607. The molecule has 0 saturated carbocycles. The molecule has 2 heterocycles. The van der Waals surface area contributed by atoms with Crippen LogP contribution in [0.5, 0.6) is 11.6 Å². The molecule has 28 heavy (non-hydrogen) atoms. The Balaban J connectivity index is 1.67. The number of carbonyl (C=O) groups excluding carboxylic acids is 1. The summed E-state index contributed by atoms with van der Waals surface area (Å²) >= 11 is 0. The van der Waals surface area contributed by atoms with E-state index in [2.05, 4.69) is 14.9 Å². The zero-order chi connectivity index (χ0) is 20.3. The molecule has 1 aromatic heterocycles. The van der Waals surface area contributed by atoms with Gasteiger partial charge in [-0.15, -0.1) is 0 Å². The first-order chi connectivity index (χ1) is 13.3. The number of amides is 1. The fourth-order valence-electron chi connectivity index (χ4n) is 3.22. The van der Waals surface area contributed by atoms with Crippen LogP contribution in [0, 0.1) is 17.6 Å². The van der Waals surface area contributed by atoms with Gasteiger partial charge in [0.25, 0.3) is 0 Å². The van der Waals surface area contributed by atoms with Crippen LogP contribution in [0.25, 0.3) is 0 Å². The van der Waals surface area contributed by atoms with Crippen LogP contribution in [0.1, 0.15) is 27.2 Å². The summed E-state index contributed by atoms with van der Waals surface area (Å²) in [7, 11) is 0. The molecule has 1 aliphatic heterocycles. The molecule has 1 atom stereocenters. The maximum Gasteiger partial charge on any atom is 0.224 e. The van der Waals surface area contributed by atoms with E-state index in [4.69, 9.17) is 4.74 Å². The number of rotatable bonds is 5. The molecule has 0 N–H and O–H groups in total. The highest BCUT2D eigenvalue weighted by Gasteiger charge is 2.28. The first-order valence-electron chi connectivity index (χ1n) is 9.33. The van der Waals surface area contributed by atoms with Crippen molar-refractivity contribution in [2.75, 3.05) is 24.5 Å². The topological polar surface area (TPSA) is 58.6 Å². The second-order valence-electron chi connectivity index (χ2n) is 7.37. The molecule has 0 radical (unpaired) electrons. The summed E-state index contributed by atoms with van der Waals surface area (Å²) in [4.78, 5) is 24.7. The Labute approximate surface area is 163 Å². The predicted molar refractivity (Wildman–Crippen MR) is 101 cm³/mol. The van der Waals surface area contributed by atoms with E-state index in [9.17, 15) is 13.6 Å². The third-order valence-electron chi connectivity index (χ3n) is 4.60. The molecule has 1 aromatic carbocycles. The minimum atomic E-state index is -0.984. The van der Waals surface area contributed by atoms with Gasteiger partial charge in [0.1, 0.15) is 17.9 Å². The number of hydrogen-bond donors (Lipinski definition) is 0. The second kappa shape index (κ2) is 8.50. The van der Waals surface area contributed by atoms with Crippen molar-refractivity contribution in [1.29, 1.82) is 0 Å². The number of piperazine rings is 1. The van der Waals surface area contributed by atoms with E-state index < -0.39 is 11.6 Å². The van der Waals surface area contributed by atoms with Gasteiger partial charge in [-0.2, -0.15) is 0 Å². The summed E-state index contributed by atoms with van der Waals surface area (Å²) in [5, 5.41) is 0. The summed E-state index contributed by atoms with van der Waals surface area (Å²) in [5.41, 5.74) is 0. The van der Waals surface area contributed by atoms with Gasteiger partial charge in [0.2, 0.25) is 11.8 Å². The van der Waals surface area contributed by atoms with Crippen molar-refractivity contribution >= 4 is 11.7 Å². The van der Waals surface area contributed by atoms with E-state index in [0.717, 1.165) is 12.1 Å². The highest BCUT2D eigenvalue weighted by molar-refractivity contribution is 5.77. The van der Waals surface area contributed by atoms with Gasteiger partial charge in [-0.1, -0.05) is 13.8 Å². The van der Waals surface area contributed by atoms with E-state index in [1.165, 1.54) is 12.4 Å². The lowest BCUT2D eigenvalue weighted by atomic mass is 10.1. The lowest BCUT2D eigenvalue weighted by Crippen LogP contribution is -2.54. The van der Waals surface area contributed by atoms with Gasteiger partial charge in [-0.3, -0.25) is 4.79 Å². The van der Waals surface area contributed by atoms with E-state index in [0.29, 0.717) is 37.8 Å². The number of carbonyl (C=O) groups is 1. The standard InChI is InChI=1S/C20H24F2N4O2/c1-13(2)8-20(27)26-7-6-25(11-14(26)3)18-10-19(24-12-23-18)28-15-4-5-16(21)17(22)9-15/h4-5,9-10,12-14H,6-8,11H2,1-3H3/t14-/m1/s1. The van der Waals surface area contributed by atoms with Gasteiger partial charge in [0.15, 0.2) is 11.6 Å². The van der Waals surface area contributed by atoms with Gasteiger partial charge in [-0.05, 0) is 25.0 Å². The molecule has 1 saturated heterocycles. The van der Waals surface area contributed by atoms with Crippen molar-refractivity contribution in [1.82, 2.24) is 14.9 Å². The quantitative estimate of drug-likeness (QED) is 0.780. The molecule has 1 amide bonds. The third kappa shape index (κ3) is 4.74. The number of nitrogens with zero attached hydrogens (tertiary/aromatic N) is 4. The average molecular weight is 390 g/mol. The Morgan fingerprint density at radius 1 is 1.21 bits per heavy atom. The van der Waals surface area contributed by atoms with Crippen molar-refractivity contribution < 1.29 is 18.3 Å². The summed E-state index contributed by atoms with van der Waals surface area (Å²) in [5.74, 6) is -0.362. The summed E-state index contributed by atoms with van der Waals surface area (Å²) in [6, 6.07) is 5.02. The summed E-state index contributed by atoms with van der Waals surface area (Å²) in [6.07, 6.45) is 1.91. The lowest BCUT2D eigenvalue weighted by molar-refractivity contribution is -0.134. The van der Waals surface area contributed by atoms with E-state index in [1.807, 2.05) is 25.7 Å². The number of ether oxygens (including phenoxy) is 1. The number of benzene rings is 1. The molecule has 2 aromatic rings. The van der Waals surface area contributed by atoms with Crippen LogP contribution in [-0.2, 0) is 4.79 Å². The molecule has 1 aliphatic rings. The molecule has 8 heteroatoms. The fraction of sp³-hybridized carbons (Fsp3) is 0.450. The number of hydrogen-bond acceptors (Lipinski definition) is 5. The zero-order valence-electron chi connectivity index (χ0n) is 16.2. The normalized spacial score (nSPS) is 17.1. The highest BCUT2D eigenvalue weighted by atomic mass is 19.2. The van der Waals surface area contributed by atoms with Crippen LogP contribution in [0.4, 0.5) is 14.6 Å². The van der Waals surface area contributed by atoms with Gasteiger partial charge in [0, 0.05) is 44.2 Å². The molecule has 3 rings (SSSR count). The molecular formula is C20H24F2N4O2. The van der Waals surface area contributed by atoms with Gasteiger partial charge in [-0.25, -0.2) is 18.7 Å². The Bertz CT molecular complexity index is 847. The number of halogens is 2. The van der Waals surface area contributed by atoms with Crippen LogP contribution in [0.2, 0.25) is 0 Å². The molecule has 0 bridgehead atoms. The predicted octanol–water partition coefficient (Wildman–Crippen LogP) is 3.63. The molecule has 1 fully saturated rings. The smallest absolute Gasteiger partial charge is 0.224 e. The highest BCUT2D eigenvalue weighted by Crippen LogP contribution is 2.25. The van der Waals surface area contributed by atoms with E-state index in [-0.39, 0.29) is 23.6 Å². The molecule has 150 valence electrons. The fourth-order valence-corrected chi connectivity index (χ4v) is 3.22. The monoisotopic (exact) mass is 390 g/mol. The first kappa shape index (κ1) is 20.0. The van der Waals surface area contributed by atoms with E-state index in [1.54, 1.807) is 6.07 Å². The molecule has 0 unspecified atom stereocenters. The maximum absolute atomic E-state index is 13.3. The van der Waals surface area contributed by atoms with Crippen molar-refractivity contribution in [3.8, 4) is 11.6 Å². The number of aromatic nitrogens is 2. The molecule has 0 spiro atoms. The van der Waals surface area contributed by atoms with Gasteiger partial charge < -0.3 is 14.5 Å². The second-order valence-corrected chi connectivity index (χ2v) is 7.37. The molecule has 6 nitrogen and oxygen atoms in total. The summed E-state index contributed by atoms with van der Waals surface area (Å²) < 4.78 is 31.9. The van der Waals surface area contributed by atoms with Gasteiger partial charge in [0.05, 0.1) is 0 Å². The SMILES string of the molecule is CC(C)CC(=O)N1CCN(c2cc(Oc3ccc(F)c(F)c3)ncn2)C[C@H]1C. The maximum atomic E-state index is 13.3. The Kier molecular flexibility index (Phi) is 6.06. The molecule has 0 aliphatic carbocycles. The first-order valence-corrected chi connectivity index (χ1v) is 9.33. The van der Waals surface area contributed by atoms with Crippen LogP contribution in [0.15, 0.2) is 30.6 Å². The largest absolute Gasteiger partial charge is 0.439 e. The Hall–Kier alpha value is -2.77. The van der Waals surface area contributed by atoms with Crippen LogP contribution >= 0.6 is 0 Å². The van der Waals surface area contributed by atoms with Crippen molar-refractivity contribution in [3.05, 3.63) is 42.2 Å². The summed E-state index contributed by atoms with van der Waals surface area (Å²) in [6.45, 7) is 8.00.